The van der Waals surface area contributed by atoms with Crippen LogP contribution in [0.2, 0.25) is 0 Å². The van der Waals surface area contributed by atoms with Gasteiger partial charge in [-0.2, -0.15) is 0 Å². The van der Waals surface area contributed by atoms with Crippen molar-refractivity contribution < 1.29 is 8.62 Å². The van der Waals surface area contributed by atoms with Crippen molar-refractivity contribution in [2.75, 3.05) is 13.1 Å². The van der Waals surface area contributed by atoms with Crippen LogP contribution < -0.4 is 0 Å². The first-order valence-electron chi connectivity index (χ1n) is 4.57. The average Bonchev–Trinajstić information content (AvgIpc) is 2.17. The average molecular weight is 213 g/mol. The zero-order valence-electron chi connectivity index (χ0n) is 7.73. The Labute approximate surface area is 87.5 Å². The normalized spacial score (nSPS) is 18.1. The highest BCUT2D eigenvalue weighted by atomic mass is 32.2. The van der Waals surface area contributed by atoms with Crippen LogP contribution in [-0.2, 0) is 11.3 Å². The Kier molecular flexibility index (Phi) is 3.39. The molecule has 2 nitrogen and oxygen atoms in total. The maximum Gasteiger partial charge on any atom is 0.134 e. The molecule has 0 amide bonds. The van der Waals surface area contributed by atoms with Crippen molar-refractivity contribution in [3.63, 3.8) is 0 Å². The van der Waals surface area contributed by atoms with Crippen molar-refractivity contribution in [2.45, 2.75) is 12.7 Å². The molecule has 0 unspecified atom stereocenters. The molecule has 0 atom stereocenters. The summed E-state index contributed by atoms with van der Waals surface area (Å²) in [4.78, 5) is 0. The van der Waals surface area contributed by atoms with Gasteiger partial charge >= 0.3 is 0 Å². The zero-order valence-corrected chi connectivity index (χ0v) is 8.54. The standard InChI is InChI=1S/C10H12FNOS/c11-14-12-6-10(7-12)13-8-9-4-2-1-3-5-9/h1-5,10H,6-8H2. The van der Waals surface area contributed by atoms with E-state index >= 15 is 0 Å². The number of hydrogen-bond acceptors (Lipinski definition) is 3. The fraction of sp³-hybridized carbons (Fsp3) is 0.400. The largest absolute Gasteiger partial charge is 0.371 e. The minimum absolute atomic E-state index is 0.193. The summed E-state index contributed by atoms with van der Waals surface area (Å²) >= 11 is 0.290. The molecule has 1 aromatic carbocycles. The molecule has 1 heterocycles. The Morgan fingerprint density at radius 2 is 2.07 bits per heavy atom. The smallest absolute Gasteiger partial charge is 0.134 e. The van der Waals surface area contributed by atoms with Crippen LogP contribution in [0, 0.1) is 0 Å². The fourth-order valence-electron chi connectivity index (χ4n) is 1.35. The lowest BCUT2D eigenvalue weighted by Gasteiger charge is -2.34. The molecule has 1 aromatic rings. The first kappa shape index (κ1) is 9.96. The van der Waals surface area contributed by atoms with Crippen molar-refractivity contribution in [2.24, 2.45) is 0 Å². The first-order valence-corrected chi connectivity index (χ1v) is 5.25. The molecule has 0 spiro atoms. The molecule has 76 valence electrons. The van der Waals surface area contributed by atoms with Gasteiger partial charge in [-0.15, -0.1) is 3.89 Å². The predicted molar refractivity (Wildman–Crippen MR) is 55.3 cm³/mol. The molecule has 0 radical (unpaired) electrons. The van der Waals surface area contributed by atoms with Crippen molar-refractivity contribution in [3.8, 4) is 0 Å². The number of nitrogens with zero attached hydrogens (tertiary/aromatic N) is 1. The van der Waals surface area contributed by atoms with E-state index in [1.807, 2.05) is 30.3 Å². The van der Waals surface area contributed by atoms with Crippen LogP contribution in [0.1, 0.15) is 5.56 Å². The highest BCUT2D eigenvalue weighted by Crippen LogP contribution is 2.22. The molecule has 4 heteroatoms. The van der Waals surface area contributed by atoms with E-state index in [1.165, 1.54) is 5.56 Å². The van der Waals surface area contributed by atoms with Crippen LogP contribution in [-0.4, -0.2) is 23.5 Å². The predicted octanol–water partition coefficient (Wildman–Crippen LogP) is 2.42. The van der Waals surface area contributed by atoms with Crippen LogP contribution >= 0.6 is 12.3 Å². The Morgan fingerprint density at radius 3 is 2.71 bits per heavy atom. The van der Waals surface area contributed by atoms with Gasteiger partial charge in [0, 0.05) is 13.1 Å². The van der Waals surface area contributed by atoms with Gasteiger partial charge in [-0.1, -0.05) is 30.3 Å². The summed E-state index contributed by atoms with van der Waals surface area (Å²) in [6.45, 7) is 2.00. The monoisotopic (exact) mass is 213 g/mol. The van der Waals surface area contributed by atoms with Gasteiger partial charge in [0.25, 0.3) is 0 Å². The van der Waals surface area contributed by atoms with Crippen molar-refractivity contribution in [1.29, 1.82) is 0 Å². The Morgan fingerprint density at radius 1 is 1.36 bits per heavy atom. The minimum Gasteiger partial charge on any atom is -0.371 e. The topological polar surface area (TPSA) is 12.5 Å². The highest BCUT2D eigenvalue weighted by Gasteiger charge is 2.28. The summed E-state index contributed by atoms with van der Waals surface area (Å²) in [6, 6.07) is 10.0. The lowest BCUT2D eigenvalue weighted by atomic mass is 10.2. The van der Waals surface area contributed by atoms with Gasteiger partial charge in [0.2, 0.25) is 0 Å². The number of rotatable bonds is 4. The molecule has 1 aliphatic rings. The Hall–Kier alpha value is -0.580. The van der Waals surface area contributed by atoms with E-state index in [0.29, 0.717) is 32.0 Å². The molecule has 1 fully saturated rings. The van der Waals surface area contributed by atoms with Crippen LogP contribution in [0.25, 0.3) is 0 Å². The van der Waals surface area contributed by atoms with Crippen molar-refractivity contribution in [1.82, 2.24) is 4.31 Å². The van der Waals surface area contributed by atoms with Crippen molar-refractivity contribution in [3.05, 3.63) is 35.9 Å². The second kappa shape index (κ2) is 4.77. The molecule has 0 N–H and O–H groups in total. The van der Waals surface area contributed by atoms with Crippen LogP contribution in [0.3, 0.4) is 0 Å². The van der Waals surface area contributed by atoms with Gasteiger partial charge in [-0.05, 0) is 5.56 Å². The number of ether oxygens (including phenoxy) is 1. The number of benzene rings is 1. The minimum atomic E-state index is 0.193. The molecule has 1 aliphatic heterocycles. The van der Waals surface area contributed by atoms with E-state index in [-0.39, 0.29) is 6.10 Å². The van der Waals surface area contributed by atoms with Gasteiger partial charge in [0.1, 0.15) is 12.3 Å². The second-order valence-electron chi connectivity index (χ2n) is 3.33. The molecular formula is C10H12FNOS. The molecule has 0 bridgehead atoms. The zero-order chi connectivity index (χ0) is 9.80. The van der Waals surface area contributed by atoms with E-state index < -0.39 is 0 Å². The van der Waals surface area contributed by atoms with Crippen LogP contribution in [0.5, 0.6) is 0 Å². The van der Waals surface area contributed by atoms with E-state index in [9.17, 15) is 3.89 Å². The molecule has 1 saturated heterocycles. The summed E-state index contributed by atoms with van der Waals surface area (Å²) in [5.41, 5.74) is 1.17. The van der Waals surface area contributed by atoms with E-state index in [4.69, 9.17) is 4.74 Å². The van der Waals surface area contributed by atoms with Gasteiger partial charge in [-0.25, -0.2) is 4.31 Å². The summed E-state index contributed by atoms with van der Waals surface area (Å²) < 4.78 is 19.2. The summed E-state index contributed by atoms with van der Waals surface area (Å²) in [5.74, 6) is 0. The molecular weight excluding hydrogens is 201 g/mol. The highest BCUT2D eigenvalue weighted by molar-refractivity contribution is 7.91. The van der Waals surface area contributed by atoms with Gasteiger partial charge in [0.05, 0.1) is 12.7 Å². The van der Waals surface area contributed by atoms with Crippen molar-refractivity contribution >= 4 is 12.3 Å². The van der Waals surface area contributed by atoms with Crippen LogP contribution in [0.4, 0.5) is 3.89 Å². The maximum absolute atomic E-state index is 12.0. The SMILES string of the molecule is FSN1CC(OCc2ccccc2)C1. The molecule has 0 saturated carbocycles. The van der Waals surface area contributed by atoms with Gasteiger partial charge in [-0.3, -0.25) is 0 Å². The maximum atomic E-state index is 12.0. The third kappa shape index (κ3) is 2.47. The fourth-order valence-corrected chi connectivity index (χ4v) is 1.80. The summed E-state index contributed by atoms with van der Waals surface area (Å²) in [7, 11) is 0. The second-order valence-corrected chi connectivity index (χ2v) is 3.99. The summed E-state index contributed by atoms with van der Waals surface area (Å²) in [6.07, 6.45) is 0.193. The molecule has 0 aliphatic carbocycles. The summed E-state index contributed by atoms with van der Waals surface area (Å²) in [5, 5.41) is 0. The lowest BCUT2D eigenvalue weighted by molar-refractivity contribution is -0.0268. The number of halogens is 1. The van der Waals surface area contributed by atoms with Crippen LogP contribution in [0.15, 0.2) is 30.3 Å². The van der Waals surface area contributed by atoms with E-state index in [0.717, 1.165) is 0 Å². The third-order valence-corrected chi connectivity index (χ3v) is 2.73. The number of hydrogen-bond donors (Lipinski definition) is 0. The Balaban J connectivity index is 1.69. The molecule has 2 rings (SSSR count). The third-order valence-electron chi connectivity index (χ3n) is 2.24. The Bertz CT molecular complexity index is 277. The quantitative estimate of drug-likeness (QED) is 0.713. The van der Waals surface area contributed by atoms with E-state index in [1.54, 1.807) is 4.31 Å². The molecule has 0 aromatic heterocycles. The first-order chi connectivity index (χ1) is 6.88. The lowest BCUT2D eigenvalue weighted by Crippen LogP contribution is -2.47. The molecule has 14 heavy (non-hydrogen) atoms. The van der Waals surface area contributed by atoms with Gasteiger partial charge < -0.3 is 4.74 Å². The van der Waals surface area contributed by atoms with E-state index in [2.05, 4.69) is 0 Å². The van der Waals surface area contributed by atoms with Gasteiger partial charge in [0.15, 0.2) is 0 Å².